The summed E-state index contributed by atoms with van der Waals surface area (Å²) in [5, 5.41) is 11.8. The van der Waals surface area contributed by atoms with E-state index in [1.54, 1.807) is 0 Å². The van der Waals surface area contributed by atoms with E-state index in [2.05, 4.69) is 4.98 Å². The summed E-state index contributed by atoms with van der Waals surface area (Å²) in [7, 11) is 5.01. The number of methoxy groups -OCH3 is 4. The number of hydrogen-bond donors (Lipinski definition) is 0. The predicted octanol–water partition coefficient (Wildman–Crippen LogP) is 2.86. The number of aryl methyl sites for hydroxylation is 2. The fourth-order valence-corrected chi connectivity index (χ4v) is 3.04. The van der Waals surface area contributed by atoms with Gasteiger partial charge < -0.3 is 18.9 Å². The molecular weight excluding hydrogens is 384 g/mol. The maximum atomic E-state index is 12.5. The summed E-state index contributed by atoms with van der Waals surface area (Å²) in [5.74, 6) is -1.32. The summed E-state index contributed by atoms with van der Waals surface area (Å²) in [6, 6.07) is 2.48. The fraction of sp³-hybridized carbons (Fsp3) is 0.316. The summed E-state index contributed by atoms with van der Waals surface area (Å²) in [6.45, 7) is 3.08. The highest BCUT2D eigenvalue weighted by Gasteiger charge is 2.32. The lowest BCUT2D eigenvalue weighted by Gasteiger charge is -2.18. The zero-order valence-corrected chi connectivity index (χ0v) is 16.8. The van der Waals surface area contributed by atoms with Gasteiger partial charge >= 0.3 is 11.9 Å². The first-order chi connectivity index (χ1) is 13.7. The number of nitro benzene ring substituents is 1. The minimum atomic E-state index is -0.806. The molecule has 1 heterocycles. The second kappa shape index (κ2) is 8.55. The molecule has 2 aromatic rings. The first-order valence-corrected chi connectivity index (χ1v) is 8.30. The number of pyridine rings is 1. The van der Waals surface area contributed by atoms with Crippen LogP contribution in [0.4, 0.5) is 5.69 Å². The molecule has 10 heteroatoms. The first-order valence-electron chi connectivity index (χ1n) is 8.30. The van der Waals surface area contributed by atoms with Crippen molar-refractivity contribution >= 4 is 17.6 Å². The van der Waals surface area contributed by atoms with E-state index in [1.807, 2.05) is 0 Å². The van der Waals surface area contributed by atoms with Crippen LogP contribution in [0.3, 0.4) is 0 Å². The van der Waals surface area contributed by atoms with Crippen molar-refractivity contribution in [2.75, 3.05) is 28.4 Å². The number of carbonyl (C=O) groups excluding carboxylic acids is 2. The molecule has 0 aliphatic rings. The molecule has 1 aromatic carbocycles. The maximum absolute atomic E-state index is 12.5. The molecule has 154 valence electrons. The third-order valence-electron chi connectivity index (χ3n) is 4.31. The second-order valence-corrected chi connectivity index (χ2v) is 5.87. The number of ether oxygens (including phenoxy) is 4. The van der Waals surface area contributed by atoms with Crippen LogP contribution >= 0.6 is 0 Å². The van der Waals surface area contributed by atoms with E-state index < -0.39 is 22.5 Å². The van der Waals surface area contributed by atoms with Gasteiger partial charge in [0.15, 0.2) is 11.5 Å². The molecule has 0 saturated carbocycles. The lowest BCUT2D eigenvalue weighted by Crippen LogP contribution is -2.16. The van der Waals surface area contributed by atoms with Crippen molar-refractivity contribution in [3.05, 3.63) is 44.8 Å². The lowest BCUT2D eigenvalue weighted by molar-refractivity contribution is -0.384. The molecule has 0 spiro atoms. The molecular formula is C19H20N2O8. The van der Waals surface area contributed by atoms with E-state index in [4.69, 9.17) is 18.9 Å². The zero-order chi connectivity index (χ0) is 21.9. The van der Waals surface area contributed by atoms with Gasteiger partial charge in [0.05, 0.1) is 67.5 Å². The quantitative estimate of drug-likeness (QED) is 0.405. The highest BCUT2D eigenvalue weighted by atomic mass is 16.6. The number of esters is 2. The molecule has 0 aliphatic heterocycles. The van der Waals surface area contributed by atoms with E-state index in [-0.39, 0.29) is 45.1 Å². The Labute approximate surface area is 166 Å². The number of benzene rings is 1. The minimum absolute atomic E-state index is 0.0265. The summed E-state index contributed by atoms with van der Waals surface area (Å²) >= 11 is 0. The van der Waals surface area contributed by atoms with E-state index in [0.717, 1.165) is 20.3 Å². The monoisotopic (exact) mass is 404 g/mol. The average Bonchev–Trinajstić information content (AvgIpc) is 2.70. The molecule has 0 saturated heterocycles. The van der Waals surface area contributed by atoms with Crippen molar-refractivity contribution in [2.45, 2.75) is 13.8 Å². The van der Waals surface area contributed by atoms with Crippen molar-refractivity contribution in [3.8, 4) is 22.6 Å². The highest BCUT2D eigenvalue weighted by Crippen LogP contribution is 2.43. The Kier molecular flexibility index (Phi) is 6.37. The van der Waals surface area contributed by atoms with Crippen LogP contribution in [0, 0.1) is 24.0 Å². The van der Waals surface area contributed by atoms with Crippen LogP contribution in [0.25, 0.3) is 11.1 Å². The predicted molar refractivity (Wildman–Crippen MR) is 102 cm³/mol. The normalized spacial score (nSPS) is 10.3. The summed E-state index contributed by atoms with van der Waals surface area (Å²) in [5.41, 5.74) is -0.170. The van der Waals surface area contributed by atoms with Gasteiger partial charge in [-0.05, 0) is 19.9 Å². The molecule has 0 bridgehead atoms. The van der Waals surface area contributed by atoms with E-state index in [0.29, 0.717) is 0 Å². The number of aromatic nitrogens is 1. The van der Waals surface area contributed by atoms with Gasteiger partial charge in [-0.2, -0.15) is 0 Å². The van der Waals surface area contributed by atoms with Gasteiger partial charge in [0.1, 0.15) is 0 Å². The molecule has 0 N–H and O–H groups in total. The molecule has 10 nitrogen and oxygen atoms in total. The van der Waals surface area contributed by atoms with Gasteiger partial charge in [-0.1, -0.05) is 0 Å². The summed E-state index contributed by atoms with van der Waals surface area (Å²) in [4.78, 5) is 40.4. The summed E-state index contributed by atoms with van der Waals surface area (Å²) in [6.07, 6.45) is 0. The Morgan fingerprint density at radius 1 is 0.897 bits per heavy atom. The molecule has 0 fully saturated rings. The smallest absolute Gasteiger partial charge is 0.340 e. The SMILES string of the molecule is COC(=O)c1c(C)nc(C)c(C(=O)OC)c1-c1cc(OC)c(OC)cc1[N+](=O)[O-]. The highest BCUT2D eigenvalue weighted by molar-refractivity contribution is 6.08. The Morgan fingerprint density at radius 2 is 1.34 bits per heavy atom. The molecule has 2 rings (SSSR count). The Balaban J connectivity index is 3.12. The van der Waals surface area contributed by atoms with Crippen LogP contribution < -0.4 is 9.47 Å². The summed E-state index contributed by atoms with van der Waals surface area (Å²) < 4.78 is 20.1. The number of rotatable bonds is 6. The number of nitrogens with zero attached hydrogens (tertiary/aromatic N) is 2. The van der Waals surface area contributed by atoms with E-state index in [1.165, 1.54) is 34.1 Å². The van der Waals surface area contributed by atoms with Crippen LogP contribution in [0.5, 0.6) is 11.5 Å². The molecule has 0 amide bonds. The molecule has 1 aromatic heterocycles. The van der Waals surface area contributed by atoms with Crippen LogP contribution in [-0.4, -0.2) is 50.3 Å². The third-order valence-corrected chi connectivity index (χ3v) is 4.31. The third kappa shape index (κ3) is 3.82. The van der Waals surface area contributed by atoms with Crippen molar-refractivity contribution < 1.29 is 33.5 Å². The van der Waals surface area contributed by atoms with Gasteiger partial charge in [-0.15, -0.1) is 0 Å². The molecule has 0 unspecified atom stereocenters. The number of hydrogen-bond acceptors (Lipinski definition) is 9. The van der Waals surface area contributed by atoms with Gasteiger partial charge in [-0.3, -0.25) is 15.1 Å². The minimum Gasteiger partial charge on any atom is -0.493 e. The molecule has 29 heavy (non-hydrogen) atoms. The second-order valence-electron chi connectivity index (χ2n) is 5.87. The molecule has 0 atom stereocenters. The van der Waals surface area contributed by atoms with Crippen LogP contribution in [-0.2, 0) is 9.47 Å². The lowest BCUT2D eigenvalue weighted by atomic mass is 9.91. The number of nitro groups is 1. The Bertz CT molecular complexity index is 960. The molecule has 0 radical (unpaired) electrons. The topological polar surface area (TPSA) is 127 Å². The standard InChI is InChI=1S/C19H20N2O8/c1-9-15(18(22)28-5)17(16(10(2)20-9)19(23)29-6)11-7-13(26-3)14(27-4)8-12(11)21(24)25/h7-8H,1-6H3. The van der Waals surface area contributed by atoms with Crippen LogP contribution in [0.15, 0.2) is 12.1 Å². The Morgan fingerprint density at radius 3 is 1.72 bits per heavy atom. The van der Waals surface area contributed by atoms with Crippen molar-refractivity contribution in [2.24, 2.45) is 0 Å². The largest absolute Gasteiger partial charge is 0.493 e. The number of carbonyl (C=O) groups is 2. The van der Waals surface area contributed by atoms with Crippen LogP contribution in [0.1, 0.15) is 32.1 Å². The molecule has 0 aliphatic carbocycles. The van der Waals surface area contributed by atoms with Gasteiger partial charge in [0.2, 0.25) is 0 Å². The van der Waals surface area contributed by atoms with Gasteiger partial charge in [-0.25, -0.2) is 9.59 Å². The zero-order valence-electron chi connectivity index (χ0n) is 16.8. The maximum Gasteiger partial charge on any atom is 0.340 e. The van der Waals surface area contributed by atoms with Crippen molar-refractivity contribution in [1.29, 1.82) is 0 Å². The van der Waals surface area contributed by atoms with E-state index in [9.17, 15) is 19.7 Å². The van der Waals surface area contributed by atoms with Gasteiger partial charge in [0, 0.05) is 5.56 Å². The first kappa shape index (κ1) is 21.6. The fourth-order valence-electron chi connectivity index (χ4n) is 3.04. The van der Waals surface area contributed by atoms with E-state index >= 15 is 0 Å². The van der Waals surface area contributed by atoms with Gasteiger partial charge in [0.25, 0.3) is 5.69 Å². The Hall–Kier alpha value is -3.69. The van der Waals surface area contributed by atoms with Crippen molar-refractivity contribution in [1.82, 2.24) is 4.98 Å². The van der Waals surface area contributed by atoms with Crippen molar-refractivity contribution in [3.63, 3.8) is 0 Å². The van der Waals surface area contributed by atoms with Crippen LogP contribution in [0.2, 0.25) is 0 Å². The average molecular weight is 404 g/mol.